The SMILES string of the molecule is Cc1ccc(C)c(NC(=O)CN2C(=O)NC3(CCCc4sccc43)C2=O)c1. The highest BCUT2D eigenvalue weighted by Crippen LogP contribution is 2.42. The fourth-order valence-electron chi connectivity index (χ4n) is 3.89. The summed E-state index contributed by atoms with van der Waals surface area (Å²) >= 11 is 1.61. The van der Waals surface area contributed by atoms with Crippen LogP contribution in [0.4, 0.5) is 10.5 Å². The highest BCUT2D eigenvalue weighted by molar-refractivity contribution is 7.10. The number of rotatable bonds is 3. The first kappa shape index (κ1) is 17.7. The van der Waals surface area contributed by atoms with Gasteiger partial charge in [0.25, 0.3) is 5.91 Å². The Balaban J connectivity index is 1.54. The van der Waals surface area contributed by atoms with Crippen molar-refractivity contribution in [2.75, 3.05) is 11.9 Å². The molecule has 1 aromatic carbocycles. The van der Waals surface area contributed by atoms with Gasteiger partial charge in [-0.2, -0.15) is 0 Å². The molecule has 7 heteroatoms. The number of carbonyl (C=O) groups is 3. The number of anilines is 1. The minimum atomic E-state index is -1.01. The maximum Gasteiger partial charge on any atom is 0.325 e. The minimum absolute atomic E-state index is 0.292. The average molecular weight is 383 g/mol. The lowest BCUT2D eigenvalue weighted by Crippen LogP contribution is -2.46. The van der Waals surface area contributed by atoms with Gasteiger partial charge in [-0.1, -0.05) is 12.1 Å². The second-order valence-corrected chi connectivity index (χ2v) is 8.21. The summed E-state index contributed by atoms with van der Waals surface area (Å²) < 4.78 is 0. The van der Waals surface area contributed by atoms with Gasteiger partial charge >= 0.3 is 6.03 Å². The molecule has 140 valence electrons. The Bertz CT molecular complexity index is 952. The highest BCUT2D eigenvalue weighted by Gasteiger charge is 2.54. The van der Waals surface area contributed by atoms with Crippen LogP contribution in [0.2, 0.25) is 0 Å². The Labute approximate surface area is 161 Å². The molecule has 4 rings (SSSR count). The monoisotopic (exact) mass is 383 g/mol. The summed E-state index contributed by atoms with van der Waals surface area (Å²) in [5.41, 5.74) is 2.52. The topological polar surface area (TPSA) is 78.5 Å². The van der Waals surface area contributed by atoms with Crippen LogP contribution in [0.3, 0.4) is 0 Å². The van der Waals surface area contributed by atoms with Crippen molar-refractivity contribution in [3.63, 3.8) is 0 Å². The Morgan fingerprint density at radius 2 is 2.11 bits per heavy atom. The van der Waals surface area contributed by atoms with E-state index in [4.69, 9.17) is 0 Å². The normalized spacial score (nSPS) is 21.3. The van der Waals surface area contributed by atoms with E-state index >= 15 is 0 Å². The van der Waals surface area contributed by atoms with Gasteiger partial charge in [-0.15, -0.1) is 11.3 Å². The molecule has 1 fully saturated rings. The van der Waals surface area contributed by atoms with Crippen LogP contribution in [-0.4, -0.2) is 29.3 Å². The Morgan fingerprint density at radius 3 is 2.93 bits per heavy atom. The quantitative estimate of drug-likeness (QED) is 0.800. The lowest BCUT2D eigenvalue weighted by Gasteiger charge is -2.31. The molecule has 2 aromatic rings. The molecule has 0 bridgehead atoms. The molecule has 1 aliphatic carbocycles. The van der Waals surface area contributed by atoms with Gasteiger partial charge in [-0.05, 0) is 61.7 Å². The lowest BCUT2D eigenvalue weighted by molar-refractivity contribution is -0.134. The molecule has 27 heavy (non-hydrogen) atoms. The number of nitrogens with one attached hydrogen (secondary N) is 2. The fraction of sp³-hybridized carbons (Fsp3) is 0.350. The predicted octanol–water partition coefficient (Wildman–Crippen LogP) is 3.09. The first-order valence-corrected chi connectivity index (χ1v) is 9.87. The highest BCUT2D eigenvalue weighted by atomic mass is 32.1. The Hall–Kier alpha value is -2.67. The largest absolute Gasteiger partial charge is 0.325 e. The molecule has 1 aromatic heterocycles. The molecule has 0 saturated carbocycles. The van der Waals surface area contributed by atoms with Crippen molar-refractivity contribution in [2.45, 2.75) is 38.6 Å². The molecule has 6 nitrogen and oxygen atoms in total. The fourth-order valence-corrected chi connectivity index (χ4v) is 4.89. The first-order chi connectivity index (χ1) is 12.9. The number of imide groups is 1. The number of aryl methyl sites for hydroxylation is 3. The van der Waals surface area contributed by atoms with Gasteiger partial charge in [0, 0.05) is 16.1 Å². The molecular weight excluding hydrogens is 362 g/mol. The third-order valence-electron chi connectivity index (χ3n) is 5.31. The second kappa shape index (κ2) is 6.49. The molecule has 1 saturated heterocycles. The van der Waals surface area contributed by atoms with Gasteiger partial charge in [0.05, 0.1) is 0 Å². The zero-order chi connectivity index (χ0) is 19.2. The zero-order valence-electron chi connectivity index (χ0n) is 15.3. The van der Waals surface area contributed by atoms with Crippen molar-refractivity contribution in [3.8, 4) is 0 Å². The molecule has 2 heterocycles. The first-order valence-electron chi connectivity index (χ1n) is 8.99. The van der Waals surface area contributed by atoms with Crippen LogP contribution >= 0.6 is 11.3 Å². The summed E-state index contributed by atoms with van der Waals surface area (Å²) in [5.74, 6) is -0.714. The third kappa shape index (κ3) is 2.92. The van der Waals surface area contributed by atoms with E-state index in [1.54, 1.807) is 11.3 Å². The van der Waals surface area contributed by atoms with Crippen LogP contribution < -0.4 is 10.6 Å². The van der Waals surface area contributed by atoms with Crippen molar-refractivity contribution in [1.82, 2.24) is 10.2 Å². The van der Waals surface area contributed by atoms with E-state index in [9.17, 15) is 14.4 Å². The summed E-state index contributed by atoms with van der Waals surface area (Å²) in [6, 6.07) is 7.17. The zero-order valence-corrected chi connectivity index (χ0v) is 16.1. The summed E-state index contributed by atoms with van der Waals surface area (Å²) in [6.07, 6.45) is 2.32. The van der Waals surface area contributed by atoms with Crippen LogP contribution in [0, 0.1) is 13.8 Å². The lowest BCUT2D eigenvalue weighted by atomic mass is 9.80. The number of fused-ring (bicyclic) bond motifs is 2. The van der Waals surface area contributed by atoms with Gasteiger partial charge in [-0.25, -0.2) is 4.79 Å². The number of hydrogen-bond acceptors (Lipinski definition) is 4. The number of amides is 4. The standard InChI is InChI=1S/C20H21N3O3S/c1-12-5-6-13(2)15(10-12)21-17(24)11-23-18(25)20(22-19(23)26)8-3-4-16-14(20)7-9-27-16/h5-7,9-10H,3-4,8,11H2,1-2H3,(H,21,24)(H,22,26). The van der Waals surface area contributed by atoms with E-state index in [1.165, 1.54) is 0 Å². The summed E-state index contributed by atoms with van der Waals surface area (Å²) in [5, 5.41) is 7.63. The number of urea groups is 1. The van der Waals surface area contributed by atoms with Crippen LogP contribution in [-0.2, 0) is 21.5 Å². The van der Waals surface area contributed by atoms with E-state index < -0.39 is 11.6 Å². The maximum atomic E-state index is 13.1. The third-order valence-corrected chi connectivity index (χ3v) is 6.29. The summed E-state index contributed by atoms with van der Waals surface area (Å²) in [7, 11) is 0. The van der Waals surface area contributed by atoms with Gasteiger partial charge in [0.2, 0.25) is 5.91 Å². The molecule has 4 amide bonds. The number of carbonyl (C=O) groups excluding carboxylic acids is 3. The average Bonchev–Trinajstić information content (AvgIpc) is 3.19. The van der Waals surface area contributed by atoms with Crippen molar-refractivity contribution < 1.29 is 14.4 Å². The Morgan fingerprint density at radius 1 is 1.30 bits per heavy atom. The summed E-state index contributed by atoms with van der Waals surface area (Å²) in [4.78, 5) is 40.3. The van der Waals surface area contributed by atoms with E-state index in [0.29, 0.717) is 12.1 Å². The minimum Gasteiger partial charge on any atom is -0.324 e. The molecule has 2 N–H and O–H groups in total. The van der Waals surface area contributed by atoms with Crippen LogP contribution in [0.5, 0.6) is 0 Å². The molecule has 2 aliphatic rings. The number of hydrogen-bond donors (Lipinski definition) is 2. The van der Waals surface area contributed by atoms with Crippen molar-refractivity contribution >= 4 is 34.9 Å². The molecule has 0 radical (unpaired) electrons. The smallest absolute Gasteiger partial charge is 0.324 e. The molecule has 1 atom stereocenters. The van der Waals surface area contributed by atoms with E-state index in [0.717, 1.165) is 39.3 Å². The Kier molecular flexibility index (Phi) is 4.26. The van der Waals surface area contributed by atoms with E-state index in [1.807, 2.05) is 43.5 Å². The van der Waals surface area contributed by atoms with Crippen molar-refractivity contribution in [3.05, 3.63) is 51.2 Å². The van der Waals surface area contributed by atoms with Crippen molar-refractivity contribution in [2.24, 2.45) is 0 Å². The molecular formula is C20H21N3O3S. The number of benzene rings is 1. The van der Waals surface area contributed by atoms with Gasteiger partial charge in [0.15, 0.2) is 0 Å². The van der Waals surface area contributed by atoms with E-state index in [2.05, 4.69) is 10.6 Å². The molecule has 1 unspecified atom stereocenters. The van der Waals surface area contributed by atoms with Crippen LogP contribution in [0.15, 0.2) is 29.6 Å². The summed E-state index contributed by atoms with van der Waals surface area (Å²) in [6.45, 7) is 3.55. The van der Waals surface area contributed by atoms with Crippen molar-refractivity contribution in [1.29, 1.82) is 0 Å². The number of thiophene rings is 1. The van der Waals surface area contributed by atoms with Gasteiger partial charge in [-0.3, -0.25) is 14.5 Å². The van der Waals surface area contributed by atoms with Crippen LogP contribution in [0.1, 0.15) is 34.4 Å². The van der Waals surface area contributed by atoms with E-state index in [-0.39, 0.29) is 18.4 Å². The molecule has 1 spiro atoms. The maximum absolute atomic E-state index is 13.1. The number of nitrogens with zero attached hydrogens (tertiary/aromatic N) is 1. The van der Waals surface area contributed by atoms with Gasteiger partial charge in [0.1, 0.15) is 12.1 Å². The van der Waals surface area contributed by atoms with Crippen LogP contribution in [0.25, 0.3) is 0 Å². The van der Waals surface area contributed by atoms with Gasteiger partial charge < -0.3 is 10.6 Å². The predicted molar refractivity (Wildman–Crippen MR) is 104 cm³/mol. The molecule has 1 aliphatic heterocycles. The second-order valence-electron chi connectivity index (χ2n) is 7.20.